The van der Waals surface area contributed by atoms with E-state index < -0.39 is 34.3 Å². The minimum atomic E-state index is -4.55. The van der Waals surface area contributed by atoms with Crippen LogP contribution in [0.4, 0.5) is 10.5 Å². The van der Waals surface area contributed by atoms with Crippen LogP contribution < -0.4 is 5.32 Å². The number of benzene rings is 1. The Kier molecular flexibility index (Phi) is 4.83. The number of β-lactam (4-membered cyclic amide) rings is 1. The monoisotopic (exact) mass is 335 g/mol. The summed E-state index contributed by atoms with van der Waals surface area (Å²) in [4.78, 5) is 25.3. The first-order valence-corrected chi connectivity index (χ1v) is 7.72. The number of carbonyl (C=O) groups excluding carboxylic acids is 2. The molecule has 0 spiro atoms. The van der Waals surface area contributed by atoms with Crippen LogP contribution in [0.1, 0.15) is 6.42 Å². The molecular formula is C12H14N3NaO5S. The van der Waals surface area contributed by atoms with Gasteiger partial charge in [-0.3, -0.25) is 9.35 Å². The molecule has 0 aliphatic carbocycles. The molecule has 3 rings (SSSR count). The Morgan fingerprint density at radius 2 is 1.91 bits per heavy atom. The summed E-state index contributed by atoms with van der Waals surface area (Å²) >= 11 is 0. The van der Waals surface area contributed by atoms with Crippen LogP contribution in [-0.2, 0) is 15.1 Å². The maximum atomic E-state index is 12.1. The fourth-order valence-corrected chi connectivity index (χ4v) is 3.66. The third-order valence-corrected chi connectivity index (χ3v) is 4.62. The summed E-state index contributed by atoms with van der Waals surface area (Å²) in [5.74, 6) is -0.775. The van der Waals surface area contributed by atoms with Crippen molar-refractivity contribution in [1.29, 1.82) is 0 Å². The van der Waals surface area contributed by atoms with E-state index in [9.17, 15) is 18.0 Å². The molecule has 10 heteroatoms. The molecule has 0 bridgehead atoms. The number of likely N-dealkylation sites (tertiary alicyclic amines) is 1. The van der Waals surface area contributed by atoms with Crippen LogP contribution in [0, 0.1) is 0 Å². The van der Waals surface area contributed by atoms with Gasteiger partial charge in [0.1, 0.15) is 6.04 Å². The van der Waals surface area contributed by atoms with E-state index in [-0.39, 0.29) is 36.1 Å². The quantitative estimate of drug-likeness (QED) is 0.437. The number of carbonyl (C=O) groups is 2. The number of amides is 3. The van der Waals surface area contributed by atoms with Crippen molar-refractivity contribution in [3.8, 4) is 0 Å². The number of nitrogens with one attached hydrogen (secondary N) is 1. The molecule has 8 nitrogen and oxygen atoms in total. The summed E-state index contributed by atoms with van der Waals surface area (Å²) in [5.41, 5.74) is 0.587. The molecule has 1 aromatic rings. The fraction of sp³-hybridized carbons (Fsp3) is 0.333. The van der Waals surface area contributed by atoms with Crippen molar-refractivity contribution in [3.05, 3.63) is 30.3 Å². The Hall–Kier alpha value is -1.13. The van der Waals surface area contributed by atoms with Crippen molar-refractivity contribution in [3.63, 3.8) is 0 Å². The van der Waals surface area contributed by atoms with Gasteiger partial charge in [-0.05, 0) is 18.6 Å². The zero-order chi connectivity index (χ0) is 15.2. The van der Waals surface area contributed by atoms with Crippen molar-refractivity contribution in [2.75, 3.05) is 11.9 Å². The number of rotatable bonds is 2. The summed E-state index contributed by atoms with van der Waals surface area (Å²) in [6.07, 6.45) is 0.318. The van der Waals surface area contributed by atoms with Gasteiger partial charge in [-0.25, -0.2) is 9.10 Å². The summed E-state index contributed by atoms with van der Waals surface area (Å²) in [6.45, 7) is 0.256. The Balaban J connectivity index is 0.00000176. The third kappa shape index (κ3) is 2.86. The van der Waals surface area contributed by atoms with Crippen molar-refractivity contribution >= 4 is 57.5 Å². The molecule has 0 radical (unpaired) electrons. The standard InChI is InChI=1S/C12H13N3O5S.Na.H/c16-11-10-9(15(11)21(18,19)20)6-7-14(10)12(17)13-8-4-2-1-3-5-8;;/h1-5,9-10H,6-7H2,(H,13,17)(H,18,19,20);;/t9-,10+;;/m1../s1. The van der Waals surface area contributed by atoms with Crippen molar-refractivity contribution in [2.24, 2.45) is 0 Å². The SMILES string of the molecule is O=C(Nc1ccccc1)N1CC[C@@H]2[C@H]1C(=O)N2S(=O)(=O)O.[NaH]. The second kappa shape index (κ2) is 6.17. The average Bonchev–Trinajstić information content (AvgIpc) is 2.77. The topological polar surface area (TPSA) is 107 Å². The van der Waals surface area contributed by atoms with E-state index >= 15 is 0 Å². The van der Waals surface area contributed by atoms with E-state index in [0.29, 0.717) is 16.4 Å². The zero-order valence-electron chi connectivity index (χ0n) is 10.8. The van der Waals surface area contributed by atoms with Gasteiger partial charge in [0.05, 0.1) is 6.04 Å². The second-order valence-corrected chi connectivity index (χ2v) is 6.19. The maximum absolute atomic E-state index is 12.1. The summed E-state index contributed by atoms with van der Waals surface area (Å²) in [6, 6.07) is 6.79. The molecule has 2 saturated heterocycles. The summed E-state index contributed by atoms with van der Waals surface area (Å²) < 4.78 is 31.6. The second-order valence-electron chi connectivity index (χ2n) is 4.90. The van der Waals surface area contributed by atoms with Gasteiger partial charge in [0.2, 0.25) is 0 Å². The number of urea groups is 1. The number of hydrogen-bond donors (Lipinski definition) is 2. The Bertz CT molecular complexity index is 696. The van der Waals surface area contributed by atoms with Crippen molar-refractivity contribution < 1.29 is 22.6 Å². The molecule has 114 valence electrons. The zero-order valence-corrected chi connectivity index (χ0v) is 11.7. The van der Waals surface area contributed by atoms with Crippen LogP contribution in [-0.4, -0.2) is 82.3 Å². The van der Waals surface area contributed by atoms with E-state index in [0.717, 1.165) is 0 Å². The van der Waals surface area contributed by atoms with E-state index in [1.54, 1.807) is 30.3 Å². The molecular weight excluding hydrogens is 321 g/mol. The number of fused-ring (bicyclic) bond motifs is 1. The molecule has 2 atom stereocenters. The Labute approximate surface area is 149 Å². The Morgan fingerprint density at radius 3 is 2.50 bits per heavy atom. The van der Waals surface area contributed by atoms with Gasteiger partial charge in [0.15, 0.2) is 0 Å². The molecule has 22 heavy (non-hydrogen) atoms. The molecule has 2 N–H and O–H groups in total. The van der Waals surface area contributed by atoms with E-state index in [1.165, 1.54) is 4.90 Å². The van der Waals surface area contributed by atoms with Crippen molar-refractivity contribution in [2.45, 2.75) is 18.5 Å². The van der Waals surface area contributed by atoms with Gasteiger partial charge >= 0.3 is 45.9 Å². The van der Waals surface area contributed by atoms with Crippen LogP contribution in [0.3, 0.4) is 0 Å². The molecule has 3 amide bonds. The molecule has 2 heterocycles. The molecule has 2 aliphatic rings. The first kappa shape index (κ1) is 17.2. The van der Waals surface area contributed by atoms with E-state index in [1.807, 2.05) is 0 Å². The molecule has 2 fully saturated rings. The molecule has 2 aliphatic heterocycles. The van der Waals surface area contributed by atoms with Gasteiger partial charge in [-0.1, -0.05) is 18.2 Å². The summed E-state index contributed by atoms with van der Waals surface area (Å²) in [5, 5.41) is 2.65. The normalized spacial score (nSPS) is 23.4. The van der Waals surface area contributed by atoms with E-state index in [4.69, 9.17) is 4.55 Å². The fourth-order valence-electron chi connectivity index (χ4n) is 2.76. The van der Waals surface area contributed by atoms with Gasteiger partial charge in [0, 0.05) is 12.2 Å². The van der Waals surface area contributed by atoms with Crippen LogP contribution >= 0.6 is 0 Å². The third-order valence-electron chi connectivity index (χ3n) is 3.67. The predicted molar refractivity (Wildman–Crippen MR) is 79.9 cm³/mol. The first-order chi connectivity index (χ1) is 9.89. The van der Waals surface area contributed by atoms with E-state index in [2.05, 4.69) is 5.32 Å². The van der Waals surface area contributed by atoms with Gasteiger partial charge in [-0.15, -0.1) is 0 Å². The molecule has 0 unspecified atom stereocenters. The Morgan fingerprint density at radius 1 is 1.27 bits per heavy atom. The molecule has 0 saturated carbocycles. The number of hydrogen-bond acceptors (Lipinski definition) is 4. The average molecular weight is 335 g/mol. The first-order valence-electron chi connectivity index (χ1n) is 6.33. The van der Waals surface area contributed by atoms with Crippen LogP contribution in [0.5, 0.6) is 0 Å². The van der Waals surface area contributed by atoms with Gasteiger partial charge < -0.3 is 10.2 Å². The summed E-state index contributed by atoms with van der Waals surface area (Å²) in [7, 11) is -4.55. The minimum absolute atomic E-state index is 0. The van der Waals surface area contributed by atoms with Gasteiger partial charge in [-0.2, -0.15) is 8.42 Å². The van der Waals surface area contributed by atoms with Crippen molar-refractivity contribution in [1.82, 2.24) is 9.21 Å². The number of nitrogens with zero attached hydrogens (tertiary/aromatic N) is 2. The van der Waals surface area contributed by atoms with Crippen LogP contribution in [0.2, 0.25) is 0 Å². The number of para-hydroxylation sites is 1. The van der Waals surface area contributed by atoms with Crippen LogP contribution in [0.25, 0.3) is 0 Å². The molecule has 1 aromatic carbocycles. The predicted octanol–water partition coefficient (Wildman–Crippen LogP) is -0.342. The molecule has 0 aromatic heterocycles. The van der Waals surface area contributed by atoms with Gasteiger partial charge in [0.25, 0.3) is 5.91 Å². The van der Waals surface area contributed by atoms with Crippen LogP contribution in [0.15, 0.2) is 30.3 Å². The number of anilines is 1.